The molecule has 0 fully saturated rings. The van der Waals surface area contributed by atoms with Gasteiger partial charge in [0.1, 0.15) is 0 Å². The molecule has 1 N–H and O–H groups in total. The van der Waals surface area contributed by atoms with Crippen LogP contribution in [0.1, 0.15) is 15.3 Å². The molecule has 102 valence electrons. The van der Waals surface area contributed by atoms with Crippen molar-refractivity contribution >= 4 is 17.0 Å². The normalized spacial score (nSPS) is 10.7. The molecule has 4 heteroatoms. The van der Waals surface area contributed by atoms with Gasteiger partial charge in [-0.25, -0.2) is 4.68 Å². The highest BCUT2D eigenvalue weighted by molar-refractivity contribution is 7.12. The van der Waals surface area contributed by atoms with Gasteiger partial charge in [0.25, 0.3) is 0 Å². The van der Waals surface area contributed by atoms with Crippen molar-refractivity contribution in [3.05, 3.63) is 64.1 Å². The third-order valence-electron chi connectivity index (χ3n) is 3.27. The zero-order valence-electron chi connectivity index (χ0n) is 11.6. The van der Waals surface area contributed by atoms with Crippen LogP contribution in [0, 0.1) is 13.8 Å². The summed E-state index contributed by atoms with van der Waals surface area (Å²) in [7, 11) is 0. The number of para-hydroxylation sites is 2. The number of hydrogen-bond donors (Lipinski definition) is 1. The second-order valence-corrected chi connectivity index (χ2v) is 6.22. The highest BCUT2D eigenvalue weighted by Crippen LogP contribution is 2.24. The molecule has 20 heavy (non-hydrogen) atoms. The monoisotopic (exact) mass is 283 g/mol. The second-order valence-electron chi connectivity index (χ2n) is 4.76. The molecule has 0 atom stereocenters. The maximum absolute atomic E-state index is 4.30. The molecule has 2 heterocycles. The summed E-state index contributed by atoms with van der Waals surface area (Å²) in [6.07, 6.45) is 3.75. The van der Waals surface area contributed by atoms with E-state index in [1.54, 1.807) is 6.20 Å². The number of aromatic nitrogens is 2. The minimum Gasteiger partial charge on any atom is -0.379 e. The van der Waals surface area contributed by atoms with Crippen molar-refractivity contribution in [1.82, 2.24) is 9.78 Å². The maximum atomic E-state index is 4.30. The largest absolute Gasteiger partial charge is 0.379 e. The Morgan fingerprint density at radius 3 is 2.75 bits per heavy atom. The summed E-state index contributed by atoms with van der Waals surface area (Å²) in [5, 5.41) is 7.82. The number of hydrogen-bond acceptors (Lipinski definition) is 3. The molecule has 1 aromatic carbocycles. The minimum atomic E-state index is 0.842. The van der Waals surface area contributed by atoms with Crippen molar-refractivity contribution in [2.45, 2.75) is 20.4 Å². The fourth-order valence-electron chi connectivity index (χ4n) is 2.28. The standard InChI is InChI=1S/C16H17N3S/c1-12-10-14(13(2)20-12)11-17-15-6-3-4-7-16(15)19-9-5-8-18-19/h3-10,17H,11H2,1-2H3. The Hall–Kier alpha value is -2.07. The van der Waals surface area contributed by atoms with Gasteiger partial charge < -0.3 is 5.32 Å². The summed E-state index contributed by atoms with van der Waals surface area (Å²) in [5.41, 5.74) is 3.53. The molecule has 3 rings (SSSR count). The third kappa shape index (κ3) is 2.60. The molecule has 0 aliphatic heterocycles. The van der Waals surface area contributed by atoms with E-state index in [9.17, 15) is 0 Å². The highest BCUT2D eigenvalue weighted by atomic mass is 32.1. The van der Waals surface area contributed by atoms with Crippen LogP contribution in [-0.4, -0.2) is 9.78 Å². The summed E-state index contributed by atoms with van der Waals surface area (Å²) >= 11 is 1.85. The van der Waals surface area contributed by atoms with Crippen molar-refractivity contribution in [2.24, 2.45) is 0 Å². The van der Waals surface area contributed by atoms with Crippen LogP contribution in [0.2, 0.25) is 0 Å². The van der Waals surface area contributed by atoms with E-state index in [0.717, 1.165) is 17.9 Å². The Kier molecular flexibility index (Phi) is 3.56. The summed E-state index contributed by atoms with van der Waals surface area (Å²) in [6.45, 7) is 5.17. The Balaban J connectivity index is 1.83. The summed E-state index contributed by atoms with van der Waals surface area (Å²) < 4.78 is 1.88. The minimum absolute atomic E-state index is 0.842. The van der Waals surface area contributed by atoms with Gasteiger partial charge in [-0.2, -0.15) is 5.10 Å². The first-order chi connectivity index (χ1) is 9.74. The molecule has 0 aliphatic rings. The van der Waals surface area contributed by atoms with Gasteiger partial charge >= 0.3 is 0 Å². The number of thiophene rings is 1. The molecule has 0 saturated carbocycles. The van der Waals surface area contributed by atoms with Crippen LogP contribution in [0.25, 0.3) is 5.69 Å². The quantitative estimate of drug-likeness (QED) is 0.779. The van der Waals surface area contributed by atoms with E-state index in [0.29, 0.717) is 0 Å². The predicted octanol–water partition coefficient (Wildman–Crippen LogP) is 4.16. The molecule has 0 spiro atoms. The summed E-state index contributed by atoms with van der Waals surface area (Å²) in [4.78, 5) is 2.74. The number of anilines is 1. The molecule has 0 saturated heterocycles. The summed E-state index contributed by atoms with van der Waals surface area (Å²) in [6, 6.07) is 12.4. The predicted molar refractivity (Wildman–Crippen MR) is 84.7 cm³/mol. The van der Waals surface area contributed by atoms with E-state index in [1.165, 1.54) is 15.3 Å². The average molecular weight is 283 g/mol. The zero-order valence-corrected chi connectivity index (χ0v) is 12.4. The van der Waals surface area contributed by atoms with E-state index in [-0.39, 0.29) is 0 Å². The van der Waals surface area contributed by atoms with Crippen molar-refractivity contribution < 1.29 is 0 Å². The molecule has 2 aromatic heterocycles. The lowest BCUT2D eigenvalue weighted by atomic mass is 10.2. The lowest BCUT2D eigenvalue weighted by Gasteiger charge is -2.11. The van der Waals surface area contributed by atoms with Crippen LogP contribution < -0.4 is 5.32 Å². The van der Waals surface area contributed by atoms with E-state index in [4.69, 9.17) is 0 Å². The van der Waals surface area contributed by atoms with E-state index >= 15 is 0 Å². The third-order valence-corrected chi connectivity index (χ3v) is 4.28. The van der Waals surface area contributed by atoms with Gasteiger partial charge in [0.2, 0.25) is 0 Å². The Bertz CT molecular complexity index is 698. The molecule has 0 bridgehead atoms. The topological polar surface area (TPSA) is 29.9 Å². The van der Waals surface area contributed by atoms with Gasteiger partial charge in [-0.15, -0.1) is 11.3 Å². The number of nitrogens with one attached hydrogen (secondary N) is 1. The lowest BCUT2D eigenvalue weighted by molar-refractivity contribution is 0.879. The fourth-order valence-corrected chi connectivity index (χ4v) is 3.23. The van der Waals surface area contributed by atoms with Gasteiger partial charge in [0, 0.05) is 28.7 Å². The first-order valence-electron chi connectivity index (χ1n) is 6.63. The molecule has 3 nitrogen and oxygen atoms in total. The van der Waals surface area contributed by atoms with Crippen LogP contribution in [0.4, 0.5) is 5.69 Å². The van der Waals surface area contributed by atoms with Crippen molar-refractivity contribution in [3.63, 3.8) is 0 Å². The molecular formula is C16H17N3S. The van der Waals surface area contributed by atoms with Crippen LogP contribution in [0.3, 0.4) is 0 Å². The number of nitrogens with zero attached hydrogens (tertiary/aromatic N) is 2. The van der Waals surface area contributed by atoms with Crippen LogP contribution >= 0.6 is 11.3 Å². The average Bonchev–Trinajstić information content (AvgIpc) is 3.07. The Morgan fingerprint density at radius 2 is 2.05 bits per heavy atom. The van der Waals surface area contributed by atoms with Crippen molar-refractivity contribution in [1.29, 1.82) is 0 Å². The summed E-state index contributed by atoms with van der Waals surface area (Å²) in [5.74, 6) is 0. The zero-order chi connectivity index (χ0) is 13.9. The maximum Gasteiger partial charge on any atom is 0.0876 e. The molecule has 0 amide bonds. The number of rotatable bonds is 4. The molecule has 0 radical (unpaired) electrons. The first kappa shape index (κ1) is 12.9. The van der Waals surface area contributed by atoms with Crippen molar-refractivity contribution in [2.75, 3.05) is 5.32 Å². The fraction of sp³-hybridized carbons (Fsp3) is 0.188. The smallest absolute Gasteiger partial charge is 0.0876 e. The first-order valence-corrected chi connectivity index (χ1v) is 7.44. The Labute approximate surface area is 122 Å². The van der Waals surface area contributed by atoms with Gasteiger partial charge in [0.15, 0.2) is 0 Å². The molecule has 0 unspecified atom stereocenters. The second kappa shape index (κ2) is 5.51. The molecular weight excluding hydrogens is 266 g/mol. The van der Waals surface area contributed by atoms with Crippen LogP contribution in [-0.2, 0) is 6.54 Å². The SMILES string of the molecule is Cc1cc(CNc2ccccc2-n2cccn2)c(C)s1. The lowest BCUT2D eigenvalue weighted by Crippen LogP contribution is -2.04. The van der Waals surface area contributed by atoms with E-state index in [1.807, 2.05) is 40.4 Å². The molecule has 0 aliphatic carbocycles. The number of benzene rings is 1. The highest BCUT2D eigenvalue weighted by Gasteiger charge is 2.06. The van der Waals surface area contributed by atoms with Crippen LogP contribution in [0.5, 0.6) is 0 Å². The van der Waals surface area contributed by atoms with E-state index < -0.39 is 0 Å². The van der Waals surface area contributed by atoms with Gasteiger partial charge in [-0.05, 0) is 43.7 Å². The number of aryl methyl sites for hydroxylation is 2. The van der Waals surface area contributed by atoms with Crippen LogP contribution in [0.15, 0.2) is 48.8 Å². The van der Waals surface area contributed by atoms with Gasteiger partial charge in [-0.1, -0.05) is 12.1 Å². The molecule has 3 aromatic rings. The van der Waals surface area contributed by atoms with Gasteiger partial charge in [0.05, 0.1) is 11.4 Å². The van der Waals surface area contributed by atoms with Crippen molar-refractivity contribution in [3.8, 4) is 5.69 Å². The van der Waals surface area contributed by atoms with Gasteiger partial charge in [-0.3, -0.25) is 0 Å². The van der Waals surface area contributed by atoms with E-state index in [2.05, 4.69) is 42.5 Å². The Morgan fingerprint density at radius 1 is 1.20 bits per heavy atom.